The molecule has 0 spiro atoms. The first-order valence-electron chi connectivity index (χ1n) is 8.30. The number of carbonyl (C=O) groups excluding carboxylic acids is 1. The quantitative estimate of drug-likeness (QED) is 0.536. The summed E-state index contributed by atoms with van der Waals surface area (Å²) in [5.41, 5.74) is 0.0117. The minimum Gasteiger partial charge on any atom is -0.467 e. The molecular weight excluding hydrogens is 440 g/mol. The summed E-state index contributed by atoms with van der Waals surface area (Å²) < 4.78 is 57.4. The highest BCUT2D eigenvalue weighted by atomic mass is 32.2. The maximum Gasteiger partial charge on any atom is 0.331 e. The lowest BCUT2D eigenvalue weighted by Gasteiger charge is -2.23. The third kappa shape index (κ3) is 5.65. The molecule has 15 heteroatoms. The summed E-state index contributed by atoms with van der Waals surface area (Å²) in [5, 5.41) is 3.33. The molecule has 1 atom stereocenters. The molecule has 1 heterocycles. The molecule has 2 rings (SSSR count). The minimum atomic E-state index is -4.39. The number of urea groups is 1. The van der Waals surface area contributed by atoms with Crippen LogP contribution in [0, 0.1) is 0 Å². The van der Waals surface area contributed by atoms with E-state index in [1.807, 2.05) is 4.72 Å². The Morgan fingerprint density at radius 1 is 1.20 bits per heavy atom. The van der Waals surface area contributed by atoms with Crippen molar-refractivity contribution in [3.63, 3.8) is 0 Å². The monoisotopic (exact) mass is 462 g/mol. The smallest absolute Gasteiger partial charge is 0.331 e. The molecule has 2 amide bonds. The number of nitrogens with one attached hydrogen (secondary N) is 2. The van der Waals surface area contributed by atoms with E-state index in [4.69, 9.17) is 9.57 Å². The van der Waals surface area contributed by atoms with Gasteiger partial charge in [-0.15, -0.1) is 0 Å². The van der Waals surface area contributed by atoms with E-state index in [1.54, 1.807) is 0 Å². The van der Waals surface area contributed by atoms with Crippen molar-refractivity contribution in [3.05, 3.63) is 29.8 Å². The molecule has 1 unspecified atom stereocenters. The van der Waals surface area contributed by atoms with Crippen molar-refractivity contribution in [2.75, 3.05) is 28.3 Å². The predicted octanol–water partition coefficient (Wildman–Crippen LogP) is -0.743. The average molecular weight is 463 g/mol. The highest BCUT2D eigenvalue weighted by Crippen LogP contribution is 2.19. The van der Waals surface area contributed by atoms with Gasteiger partial charge in [0, 0.05) is 14.1 Å². The first kappa shape index (κ1) is 23.5. The number of ether oxygens (including phenoxy) is 1. The largest absolute Gasteiger partial charge is 0.467 e. The molecular formula is C15H22N6O7S2. The van der Waals surface area contributed by atoms with Crippen LogP contribution in [0.25, 0.3) is 0 Å². The number of methoxy groups -OCH3 is 1. The molecule has 1 aromatic rings. The number of hydroxylamine groups is 2. The molecule has 1 aliphatic heterocycles. The van der Waals surface area contributed by atoms with Gasteiger partial charge in [0.25, 0.3) is 10.0 Å². The van der Waals surface area contributed by atoms with Gasteiger partial charge in [-0.05, 0) is 11.6 Å². The van der Waals surface area contributed by atoms with Crippen molar-refractivity contribution in [2.45, 2.75) is 16.9 Å². The van der Waals surface area contributed by atoms with Crippen LogP contribution < -0.4 is 10.0 Å². The van der Waals surface area contributed by atoms with Gasteiger partial charge in [-0.25, -0.2) is 35.6 Å². The number of amidine groups is 1. The Morgan fingerprint density at radius 2 is 1.87 bits per heavy atom. The zero-order chi connectivity index (χ0) is 22.5. The van der Waals surface area contributed by atoms with Crippen molar-refractivity contribution in [1.82, 2.24) is 19.4 Å². The first-order chi connectivity index (χ1) is 14.0. The number of rotatable bonds is 7. The summed E-state index contributed by atoms with van der Waals surface area (Å²) in [6.45, 7) is 0. The molecule has 0 bridgehead atoms. The number of nitrogens with zero attached hydrogens (tertiary/aromatic N) is 4. The second-order valence-electron chi connectivity index (χ2n) is 5.99. The number of hydrogen-bond donors (Lipinski definition) is 2. The standard InChI is InChI=1S/C15H22N6O7S2/c1-20(2)29(23,24)9-11-7-5-6-8-12(11)30(25,26)19-14(22)17-13-16-10-21(28-4)15(18-13)27-3/h5-8,10,13H,9H2,1-4H3,(H2,17,19,22). The van der Waals surface area contributed by atoms with E-state index < -0.39 is 38.1 Å². The summed E-state index contributed by atoms with van der Waals surface area (Å²) in [7, 11) is -2.77. The second kappa shape index (κ2) is 9.38. The van der Waals surface area contributed by atoms with Crippen molar-refractivity contribution in [3.8, 4) is 0 Å². The fourth-order valence-corrected chi connectivity index (χ4v) is 4.39. The number of aliphatic imine (C=N–C) groups is 2. The molecule has 2 N–H and O–H groups in total. The predicted molar refractivity (Wildman–Crippen MR) is 107 cm³/mol. The van der Waals surface area contributed by atoms with E-state index in [0.717, 1.165) is 9.37 Å². The number of hydrogen-bond acceptors (Lipinski definition) is 10. The molecule has 30 heavy (non-hydrogen) atoms. The summed E-state index contributed by atoms with van der Waals surface area (Å²) in [6.07, 6.45) is 0.0260. The number of carbonyl (C=O) groups is 1. The molecule has 0 saturated carbocycles. The zero-order valence-corrected chi connectivity index (χ0v) is 18.3. The molecule has 166 valence electrons. The van der Waals surface area contributed by atoms with E-state index in [1.165, 1.54) is 58.9 Å². The molecule has 0 radical (unpaired) electrons. The van der Waals surface area contributed by atoms with Gasteiger partial charge in [-0.3, -0.25) is 10.2 Å². The van der Waals surface area contributed by atoms with Crippen LogP contribution in [0.1, 0.15) is 5.56 Å². The van der Waals surface area contributed by atoms with Gasteiger partial charge in [0.2, 0.25) is 16.3 Å². The van der Waals surface area contributed by atoms with Gasteiger partial charge < -0.3 is 4.74 Å². The number of sulfonamides is 2. The maximum absolute atomic E-state index is 12.7. The van der Waals surface area contributed by atoms with Crippen LogP contribution in [-0.2, 0) is 35.4 Å². The van der Waals surface area contributed by atoms with Crippen molar-refractivity contribution >= 4 is 38.4 Å². The topological polar surface area (TPSA) is 159 Å². The minimum absolute atomic E-state index is 0.0117. The molecule has 1 aliphatic rings. The van der Waals surface area contributed by atoms with Crippen LogP contribution in [0.3, 0.4) is 0 Å². The second-order valence-corrected chi connectivity index (χ2v) is 9.82. The van der Waals surface area contributed by atoms with E-state index in [-0.39, 0.29) is 16.5 Å². The van der Waals surface area contributed by atoms with Crippen molar-refractivity contribution in [1.29, 1.82) is 0 Å². The average Bonchev–Trinajstić information content (AvgIpc) is 2.67. The molecule has 0 aromatic heterocycles. The van der Waals surface area contributed by atoms with Crippen molar-refractivity contribution in [2.24, 2.45) is 9.98 Å². The van der Waals surface area contributed by atoms with Gasteiger partial charge in [0.05, 0.1) is 24.9 Å². The van der Waals surface area contributed by atoms with Gasteiger partial charge in [-0.2, -0.15) is 10.1 Å². The molecule has 1 aromatic carbocycles. The molecule has 0 fully saturated rings. The van der Waals surface area contributed by atoms with Gasteiger partial charge in [0.15, 0.2) is 0 Å². The summed E-state index contributed by atoms with van der Waals surface area (Å²) >= 11 is 0. The molecule has 0 aliphatic carbocycles. The summed E-state index contributed by atoms with van der Waals surface area (Å²) in [6, 6.07) is 4.34. The first-order valence-corrected chi connectivity index (χ1v) is 11.4. The Hall–Kier alpha value is -2.75. The Balaban J connectivity index is 2.18. The Labute approximate surface area is 174 Å². The Kier molecular flexibility index (Phi) is 7.35. The van der Waals surface area contributed by atoms with Gasteiger partial charge in [-0.1, -0.05) is 18.2 Å². The van der Waals surface area contributed by atoms with E-state index >= 15 is 0 Å². The summed E-state index contributed by atoms with van der Waals surface area (Å²) in [5.74, 6) is -0.556. The fraction of sp³-hybridized carbons (Fsp3) is 0.400. The lowest BCUT2D eigenvalue weighted by Crippen LogP contribution is -2.46. The van der Waals surface area contributed by atoms with Crippen molar-refractivity contribution < 1.29 is 31.2 Å². The third-order valence-corrected chi connectivity index (χ3v) is 6.98. The van der Waals surface area contributed by atoms with Gasteiger partial charge in [0.1, 0.15) is 6.34 Å². The number of benzene rings is 1. The lowest BCUT2D eigenvalue weighted by molar-refractivity contribution is -0.0176. The highest BCUT2D eigenvalue weighted by Gasteiger charge is 2.26. The molecule has 13 nitrogen and oxygen atoms in total. The van der Waals surface area contributed by atoms with E-state index in [9.17, 15) is 21.6 Å². The van der Waals surface area contributed by atoms with Gasteiger partial charge >= 0.3 is 12.1 Å². The van der Waals surface area contributed by atoms with E-state index in [2.05, 4.69) is 15.3 Å². The third-order valence-electron chi connectivity index (χ3n) is 3.76. The van der Waals surface area contributed by atoms with Crippen LogP contribution in [0.15, 0.2) is 39.1 Å². The van der Waals surface area contributed by atoms with Crippen LogP contribution >= 0.6 is 0 Å². The Morgan fingerprint density at radius 3 is 2.47 bits per heavy atom. The zero-order valence-electron chi connectivity index (χ0n) is 16.6. The lowest BCUT2D eigenvalue weighted by atomic mass is 10.2. The Bertz CT molecular complexity index is 1050. The molecule has 0 saturated heterocycles. The van der Waals surface area contributed by atoms with Crippen LogP contribution in [0.2, 0.25) is 0 Å². The summed E-state index contributed by atoms with van der Waals surface area (Å²) in [4.78, 5) is 24.6. The normalized spacial score (nSPS) is 16.9. The fourth-order valence-electron chi connectivity index (χ4n) is 2.24. The SMILES string of the molecule is COC1=NC(NC(=O)NS(=O)(=O)c2ccccc2CS(=O)(=O)N(C)C)N=CN1OC. The highest BCUT2D eigenvalue weighted by molar-refractivity contribution is 7.90. The van der Waals surface area contributed by atoms with E-state index in [0.29, 0.717) is 0 Å². The number of amides is 2. The van der Waals surface area contributed by atoms with Crippen LogP contribution in [-0.4, -0.2) is 79.2 Å². The van der Waals surface area contributed by atoms with Crippen LogP contribution in [0.5, 0.6) is 0 Å². The maximum atomic E-state index is 12.7. The van der Waals surface area contributed by atoms with Crippen LogP contribution in [0.4, 0.5) is 4.79 Å².